The topological polar surface area (TPSA) is 127 Å². The first-order valence-electron chi connectivity index (χ1n) is 13.8. The summed E-state index contributed by atoms with van der Waals surface area (Å²) in [7, 11) is 1.35. The van der Waals surface area contributed by atoms with Crippen molar-refractivity contribution >= 4 is 29.8 Å². The number of nitrogens with zero attached hydrogens (tertiary/aromatic N) is 3. The Labute approximate surface area is 247 Å². The minimum absolute atomic E-state index is 0.0332. The lowest BCUT2D eigenvalue weighted by atomic mass is 10.1. The summed E-state index contributed by atoms with van der Waals surface area (Å²) >= 11 is 0. The standard InChI is InChI=1S/C31H41N3O8/c1-30(2,3)41-28(37)33-16-17-34(29(38)42-31(4,5)6)27(33)32-23-12-9-11-22(19-23)25(35)20-40-24-13-8-10-21(18-24)14-15-26(36)39-7/h8-13,18-19,25,35H,14-17,20H2,1-7H3. The van der Waals surface area contributed by atoms with Crippen LogP contribution in [0, 0.1) is 0 Å². The summed E-state index contributed by atoms with van der Waals surface area (Å²) < 4.78 is 21.6. The van der Waals surface area contributed by atoms with Crippen LogP contribution in [0.15, 0.2) is 53.5 Å². The lowest BCUT2D eigenvalue weighted by Gasteiger charge is -2.27. The molecule has 42 heavy (non-hydrogen) atoms. The van der Waals surface area contributed by atoms with Gasteiger partial charge >= 0.3 is 18.2 Å². The van der Waals surface area contributed by atoms with Gasteiger partial charge in [-0.1, -0.05) is 24.3 Å². The van der Waals surface area contributed by atoms with Gasteiger partial charge in [0.2, 0.25) is 5.96 Å². The van der Waals surface area contributed by atoms with Crippen LogP contribution in [0.5, 0.6) is 5.75 Å². The van der Waals surface area contributed by atoms with Crippen molar-refractivity contribution in [2.75, 3.05) is 26.8 Å². The Morgan fingerprint density at radius 3 is 2.07 bits per heavy atom. The van der Waals surface area contributed by atoms with E-state index in [1.165, 1.54) is 16.9 Å². The van der Waals surface area contributed by atoms with Crippen LogP contribution in [0.1, 0.15) is 65.2 Å². The van der Waals surface area contributed by atoms with Crippen molar-refractivity contribution in [2.24, 2.45) is 4.99 Å². The Bertz CT molecular complexity index is 1260. The van der Waals surface area contributed by atoms with Gasteiger partial charge < -0.3 is 24.1 Å². The van der Waals surface area contributed by atoms with Gasteiger partial charge in [-0.3, -0.25) is 4.79 Å². The summed E-state index contributed by atoms with van der Waals surface area (Å²) in [6, 6.07) is 14.1. The fraction of sp³-hybridized carbons (Fsp3) is 0.484. The van der Waals surface area contributed by atoms with Gasteiger partial charge in [0.05, 0.1) is 25.9 Å². The Hall–Kier alpha value is -4.12. The molecule has 0 radical (unpaired) electrons. The van der Waals surface area contributed by atoms with Crippen LogP contribution in [0.25, 0.3) is 0 Å². The number of amides is 2. The Morgan fingerprint density at radius 1 is 0.905 bits per heavy atom. The summed E-state index contributed by atoms with van der Waals surface area (Å²) in [6.07, 6.45) is -1.49. The molecular formula is C31H41N3O8. The van der Waals surface area contributed by atoms with E-state index < -0.39 is 29.5 Å². The molecule has 2 amide bonds. The number of carbonyl (C=O) groups is 3. The molecule has 0 aromatic heterocycles. The maximum atomic E-state index is 13.0. The summed E-state index contributed by atoms with van der Waals surface area (Å²) in [5, 5.41) is 10.9. The Morgan fingerprint density at radius 2 is 1.50 bits per heavy atom. The maximum Gasteiger partial charge on any atom is 0.417 e. The number of aryl methyl sites for hydroxylation is 1. The molecule has 1 aliphatic rings. The fourth-order valence-electron chi connectivity index (χ4n) is 3.97. The molecule has 1 saturated heterocycles. The van der Waals surface area contributed by atoms with Crippen molar-refractivity contribution in [1.29, 1.82) is 0 Å². The van der Waals surface area contributed by atoms with Crippen LogP contribution in [0.4, 0.5) is 15.3 Å². The molecule has 1 fully saturated rings. The lowest BCUT2D eigenvalue weighted by Crippen LogP contribution is -2.44. The first kappa shape index (κ1) is 32.4. The predicted octanol–water partition coefficient (Wildman–Crippen LogP) is 5.38. The molecule has 0 bridgehead atoms. The zero-order chi connectivity index (χ0) is 31.1. The van der Waals surface area contributed by atoms with E-state index in [9.17, 15) is 19.5 Å². The van der Waals surface area contributed by atoms with Crippen LogP contribution < -0.4 is 4.74 Å². The van der Waals surface area contributed by atoms with Crippen LogP contribution >= 0.6 is 0 Å². The third kappa shape index (κ3) is 9.76. The number of aliphatic hydroxyl groups is 1. The molecule has 11 nitrogen and oxygen atoms in total. The molecule has 3 rings (SSSR count). The fourth-order valence-corrected chi connectivity index (χ4v) is 3.97. The average Bonchev–Trinajstić information content (AvgIpc) is 3.32. The maximum absolute atomic E-state index is 13.0. The largest absolute Gasteiger partial charge is 0.491 e. The van der Waals surface area contributed by atoms with Crippen LogP contribution in [-0.4, -0.2) is 77.0 Å². The molecule has 1 aliphatic heterocycles. The van der Waals surface area contributed by atoms with E-state index in [-0.39, 0.29) is 38.0 Å². The van der Waals surface area contributed by atoms with Crippen molar-refractivity contribution in [1.82, 2.24) is 9.80 Å². The predicted molar refractivity (Wildman–Crippen MR) is 157 cm³/mol. The minimum Gasteiger partial charge on any atom is -0.491 e. The molecule has 1 atom stereocenters. The van der Waals surface area contributed by atoms with Crippen molar-refractivity contribution in [3.8, 4) is 5.75 Å². The summed E-state index contributed by atoms with van der Waals surface area (Å²) in [6.45, 7) is 10.9. The zero-order valence-corrected chi connectivity index (χ0v) is 25.4. The molecular weight excluding hydrogens is 542 g/mol. The van der Waals surface area contributed by atoms with Crippen molar-refractivity contribution < 1.29 is 38.4 Å². The second kappa shape index (κ2) is 13.7. The number of hydrogen-bond acceptors (Lipinski definition) is 9. The third-order valence-corrected chi connectivity index (χ3v) is 5.89. The summed E-state index contributed by atoms with van der Waals surface area (Å²) in [5.74, 6) is 0.339. The molecule has 11 heteroatoms. The molecule has 0 saturated carbocycles. The van der Waals surface area contributed by atoms with Gasteiger partial charge in [-0.15, -0.1) is 0 Å². The number of aliphatic imine (C=N–C) groups is 1. The van der Waals surface area contributed by atoms with E-state index in [2.05, 4.69) is 4.99 Å². The SMILES string of the molecule is COC(=O)CCc1cccc(OCC(O)c2cccc(N=C3N(C(=O)OC(C)(C)C)CCN3C(=O)OC(C)(C)C)c2)c1. The number of methoxy groups -OCH3 is 1. The zero-order valence-electron chi connectivity index (χ0n) is 25.4. The number of benzene rings is 2. The third-order valence-electron chi connectivity index (χ3n) is 5.89. The van der Waals surface area contributed by atoms with Crippen LogP contribution in [0.3, 0.4) is 0 Å². The molecule has 0 spiro atoms. The number of ether oxygens (including phenoxy) is 4. The molecule has 2 aromatic rings. The summed E-state index contributed by atoms with van der Waals surface area (Å²) in [4.78, 5) is 44.6. The van der Waals surface area contributed by atoms with Gasteiger partial charge in [0.15, 0.2) is 0 Å². The van der Waals surface area contributed by atoms with Crippen LogP contribution in [0.2, 0.25) is 0 Å². The molecule has 0 aliphatic carbocycles. The number of guanidine groups is 1. The first-order valence-corrected chi connectivity index (χ1v) is 13.8. The highest BCUT2D eigenvalue weighted by Gasteiger charge is 2.39. The molecule has 228 valence electrons. The number of carbonyl (C=O) groups excluding carboxylic acids is 3. The van der Waals surface area contributed by atoms with Crippen molar-refractivity contribution in [2.45, 2.75) is 71.7 Å². The lowest BCUT2D eigenvalue weighted by molar-refractivity contribution is -0.140. The van der Waals surface area contributed by atoms with Gasteiger partial charge in [0.1, 0.15) is 29.7 Å². The van der Waals surface area contributed by atoms with Gasteiger partial charge in [-0.25, -0.2) is 24.4 Å². The quantitative estimate of drug-likeness (QED) is 0.324. The Kier molecular flexibility index (Phi) is 10.6. The smallest absolute Gasteiger partial charge is 0.417 e. The highest BCUT2D eigenvalue weighted by Crippen LogP contribution is 2.25. The second-order valence-corrected chi connectivity index (χ2v) is 11.8. The molecule has 1 heterocycles. The van der Waals surface area contributed by atoms with Gasteiger partial charge in [-0.2, -0.15) is 0 Å². The minimum atomic E-state index is -0.989. The van der Waals surface area contributed by atoms with E-state index in [0.717, 1.165) is 5.56 Å². The molecule has 1 N–H and O–H groups in total. The number of hydrogen-bond donors (Lipinski definition) is 1. The number of aliphatic hydroxyl groups excluding tert-OH is 1. The average molecular weight is 584 g/mol. The highest BCUT2D eigenvalue weighted by molar-refractivity contribution is 6.04. The van der Waals surface area contributed by atoms with E-state index in [4.69, 9.17) is 18.9 Å². The van der Waals surface area contributed by atoms with Gasteiger partial charge in [0.25, 0.3) is 0 Å². The Balaban J connectivity index is 1.79. The molecule has 1 unspecified atom stereocenters. The highest BCUT2D eigenvalue weighted by atomic mass is 16.6. The van der Waals surface area contributed by atoms with Crippen molar-refractivity contribution in [3.63, 3.8) is 0 Å². The molecule has 2 aromatic carbocycles. The van der Waals surface area contributed by atoms with Crippen LogP contribution in [-0.2, 0) is 25.4 Å². The van der Waals surface area contributed by atoms with Gasteiger partial charge in [0, 0.05) is 6.42 Å². The monoisotopic (exact) mass is 583 g/mol. The van der Waals surface area contributed by atoms with Crippen molar-refractivity contribution in [3.05, 3.63) is 59.7 Å². The number of esters is 1. The number of rotatable bonds is 8. The van der Waals surface area contributed by atoms with Gasteiger partial charge in [-0.05, 0) is 83.4 Å². The normalized spacial score (nSPS) is 14.3. The van der Waals surface area contributed by atoms with E-state index in [0.29, 0.717) is 23.4 Å². The first-order chi connectivity index (χ1) is 19.6. The second-order valence-electron chi connectivity index (χ2n) is 11.8. The van der Waals surface area contributed by atoms with E-state index >= 15 is 0 Å². The van der Waals surface area contributed by atoms with E-state index in [1.54, 1.807) is 71.9 Å². The van der Waals surface area contributed by atoms with E-state index in [1.807, 2.05) is 18.2 Å². The summed E-state index contributed by atoms with van der Waals surface area (Å²) in [5.41, 5.74) is 0.365.